The average Bonchev–Trinajstić information content (AvgIpc) is 3.61. The van der Waals surface area contributed by atoms with Crippen molar-refractivity contribution in [1.29, 1.82) is 0 Å². The maximum absolute atomic E-state index is 13.6. The first-order chi connectivity index (χ1) is 22.9. The van der Waals surface area contributed by atoms with Crippen molar-refractivity contribution in [2.45, 2.75) is 57.5 Å². The van der Waals surface area contributed by atoms with Gasteiger partial charge in [0.1, 0.15) is 11.4 Å². The fraction of sp³-hybridized carbons (Fsp3) is 0.500. The molecule has 0 atom stereocenters. The Kier molecular flexibility index (Phi) is 9.00. The van der Waals surface area contributed by atoms with Gasteiger partial charge < -0.3 is 29.7 Å². The van der Waals surface area contributed by atoms with Gasteiger partial charge in [-0.3, -0.25) is 14.5 Å². The number of para-hydroxylation sites is 1. The average molecular weight is 639 g/mol. The van der Waals surface area contributed by atoms with Gasteiger partial charge in [-0.2, -0.15) is 4.98 Å². The van der Waals surface area contributed by atoms with Crippen molar-refractivity contribution in [3.63, 3.8) is 0 Å². The van der Waals surface area contributed by atoms with E-state index in [2.05, 4.69) is 32.0 Å². The van der Waals surface area contributed by atoms with E-state index < -0.39 is 0 Å². The summed E-state index contributed by atoms with van der Waals surface area (Å²) in [6.45, 7) is 7.96. The number of fused-ring (bicyclic) bond motifs is 2. The van der Waals surface area contributed by atoms with Gasteiger partial charge in [-0.25, -0.2) is 4.98 Å². The van der Waals surface area contributed by atoms with E-state index in [-0.39, 0.29) is 17.9 Å². The van der Waals surface area contributed by atoms with E-state index in [9.17, 15) is 9.59 Å². The van der Waals surface area contributed by atoms with E-state index in [1.54, 1.807) is 18.1 Å². The van der Waals surface area contributed by atoms with Crippen molar-refractivity contribution in [1.82, 2.24) is 24.7 Å². The van der Waals surface area contributed by atoms with Gasteiger partial charge in [-0.15, -0.1) is 0 Å². The van der Waals surface area contributed by atoms with Crippen LogP contribution in [0.3, 0.4) is 0 Å². The van der Waals surface area contributed by atoms with Gasteiger partial charge in [0.15, 0.2) is 5.82 Å². The Morgan fingerprint density at radius 1 is 0.915 bits per heavy atom. The van der Waals surface area contributed by atoms with Crippen LogP contribution < -0.4 is 19.9 Å². The third-order valence-corrected chi connectivity index (χ3v) is 10.3. The molecule has 248 valence electrons. The second-order valence-electron chi connectivity index (χ2n) is 13.2. The molecule has 2 aromatic carbocycles. The molecule has 1 aliphatic carbocycles. The summed E-state index contributed by atoms with van der Waals surface area (Å²) in [7, 11) is 3.97. The van der Waals surface area contributed by atoms with Gasteiger partial charge in [0.05, 0.1) is 29.7 Å². The summed E-state index contributed by atoms with van der Waals surface area (Å²) in [4.78, 5) is 47.6. The second kappa shape index (κ2) is 13.5. The monoisotopic (exact) mass is 638 g/mol. The highest BCUT2D eigenvalue weighted by Gasteiger charge is 2.36. The number of hydrogen-bond donors (Lipinski definition) is 1. The number of nitrogens with zero attached hydrogens (tertiary/aromatic N) is 7. The number of likely N-dealkylation sites (tertiary alicyclic amines) is 1. The number of piperidine rings is 1. The Labute approximate surface area is 277 Å². The molecule has 7 rings (SSSR count). The molecule has 4 aliphatic rings. The van der Waals surface area contributed by atoms with Crippen LogP contribution in [0, 0.1) is 0 Å². The Morgan fingerprint density at radius 3 is 2.40 bits per heavy atom. The lowest BCUT2D eigenvalue weighted by Crippen LogP contribution is -2.54. The van der Waals surface area contributed by atoms with Crippen molar-refractivity contribution < 1.29 is 14.3 Å². The highest BCUT2D eigenvalue weighted by atomic mass is 16.5. The quantitative estimate of drug-likeness (QED) is 0.377. The number of carbonyl (C=O) groups excluding carboxylic acids is 2. The van der Waals surface area contributed by atoms with Crippen LogP contribution in [0.25, 0.3) is 0 Å². The number of ether oxygens (including phenoxy) is 1. The number of benzene rings is 2. The SMILES string of the molecule is CCOc1cc(C(=O)N2CCN(C3CCN(C)CC3)CC2)ccc1Nc1ncc2c(n1)N(C1CCCC1)c1ccccc1C(=O)N2C. The minimum Gasteiger partial charge on any atom is -0.492 e. The normalized spacial score (nSPS) is 19.8. The lowest BCUT2D eigenvalue weighted by Gasteiger charge is -2.42. The number of hydrogen-bond acceptors (Lipinski definition) is 9. The van der Waals surface area contributed by atoms with E-state index in [1.807, 2.05) is 54.3 Å². The van der Waals surface area contributed by atoms with Crippen molar-refractivity contribution in [2.75, 3.05) is 75.1 Å². The molecule has 0 spiro atoms. The summed E-state index contributed by atoms with van der Waals surface area (Å²) < 4.78 is 6.04. The van der Waals surface area contributed by atoms with Crippen molar-refractivity contribution in [3.05, 3.63) is 59.8 Å². The number of nitrogens with one attached hydrogen (secondary N) is 1. The zero-order valence-corrected chi connectivity index (χ0v) is 27.8. The molecular weight excluding hydrogens is 592 g/mol. The van der Waals surface area contributed by atoms with Crippen LogP contribution in [0.4, 0.5) is 28.8 Å². The van der Waals surface area contributed by atoms with Crippen molar-refractivity contribution in [2.24, 2.45) is 0 Å². The van der Waals surface area contributed by atoms with Gasteiger partial charge in [0.25, 0.3) is 11.8 Å². The molecule has 0 bridgehead atoms. The summed E-state index contributed by atoms with van der Waals surface area (Å²) in [5.41, 5.74) is 3.51. The molecule has 2 saturated heterocycles. The van der Waals surface area contributed by atoms with Crippen LogP contribution in [-0.2, 0) is 0 Å². The van der Waals surface area contributed by atoms with Gasteiger partial charge in [0, 0.05) is 50.9 Å². The number of carbonyl (C=O) groups is 2. The molecule has 47 heavy (non-hydrogen) atoms. The molecule has 4 heterocycles. The van der Waals surface area contributed by atoms with Gasteiger partial charge in [-0.1, -0.05) is 25.0 Å². The van der Waals surface area contributed by atoms with Crippen molar-refractivity contribution >= 4 is 40.6 Å². The van der Waals surface area contributed by atoms with Crippen LogP contribution in [-0.4, -0.2) is 109 Å². The number of rotatable bonds is 7. The zero-order chi connectivity index (χ0) is 32.5. The van der Waals surface area contributed by atoms with Crippen LogP contribution in [0.15, 0.2) is 48.7 Å². The third-order valence-electron chi connectivity index (χ3n) is 10.3. The lowest BCUT2D eigenvalue weighted by molar-refractivity contribution is 0.0475. The van der Waals surface area contributed by atoms with Crippen LogP contribution in [0.5, 0.6) is 5.75 Å². The topological polar surface area (TPSA) is 97.4 Å². The van der Waals surface area contributed by atoms with Crippen LogP contribution >= 0.6 is 0 Å². The Morgan fingerprint density at radius 2 is 1.66 bits per heavy atom. The first kappa shape index (κ1) is 31.4. The maximum Gasteiger partial charge on any atom is 0.260 e. The molecule has 11 nitrogen and oxygen atoms in total. The maximum atomic E-state index is 13.6. The summed E-state index contributed by atoms with van der Waals surface area (Å²) in [5, 5.41) is 3.37. The highest BCUT2D eigenvalue weighted by molar-refractivity contribution is 6.13. The van der Waals surface area contributed by atoms with E-state index in [0.717, 1.165) is 70.6 Å². The minimum absolute atomic E-state index is 0.0281. The molecule has 0 unspecified atom stereocenters. The van der Waals surface area contributed by atoms with Crippen molar-refractivity contribution in [3.8, 4) is 5.75 Å². The Bertz CT molecular complexity index is 1610. The summed E-state index contributed by atoms with van der Waals surface area (Å²) in [6, 6.07) is 14.2. The molecule has 3 aromatic rings. The summed E-state index contributed by atoms with van der Waals surface area (Å²) >= 11 is 0. The second-order valence-corrected chi connectivity index (χ2v) is 13.2. The third kappa shape index (κ3) is 6.26. The molecule has 0 radical (unpaired) electrons. The number of aromatic nitrogens is 2. The molecule has 3 aliphatic heterocycles. The highest BCUT2D eigenvalue weighted by Crippen LogP contribution is 2.43. The standard InChI is InChI=1S/C36H46N8O3/c1-4-47-32-23-25(34(45)43-21-19-42(20-22-43)26-15-17-40(2)18-16-26)13-14-29(32)38-36-37-24-31-33(39-36)44(27-9-5-6-10-27)30-12-8-7-11-28(30)35(46)41(31)3/h7-8,11-14,23-24,26-27H,4-6,9-10,15-22H2,1-3H3,(H,37,38,39). The molecule has 3 fully saturated rings. The molecular formula is C36H46N8O3. The van der Waals surface area contributed by atoms with E-state index in [0.29, 0.717) is 52.7 Å². The van der Waals surface area contributed by atoms with E-state index in [1.165, 1.54) is 12.8 Å². The van der Waals surface area contributed by atoms with E-state index >= 15 is 0 Å². The number of amides is 2. The molecule has 11 heteroatoms. The smallest absolute Gasteiger partial charge is 0.260 e. The summed E-state index contributed by atoms with van der Waals surface area (Å²) in [5.74, 6) is 1.64. The molecule has 1 saturated carbocycles. The Hall–Kier alpha value is -4.22. The predicted molar refractivity (Wildman–Crippen MR) is 184 cm³/mol. The fourth-order valence-corrected chi connectivity index (χ4v) is 7.63. The molecule has 2 amide bonds. The molecule has 1 N–H and O–H groups in total. The predicted octanol–water partition coefficient (Wildman–Crippen LogP) is 5.14. The first-order valence-corrected chi connectivity index (χ1v) is 17.2. The largest absolute Gasteiger partial charge is 0.492 e. The van der Waals surface area contributed by atoms with E-state index in [4.69, 9.17) is 9.72 Å². The first-order valence-electron chi connectivity index (χ1n) is 17.2. The van der Waals surface area contributed by atoms with Gasteiger partial charge >= 0.3 is 0 Å². The van der Waals surface area contributed by atoms with Gasteiger partial charge in [-0.05, 0) is 83.1 Å². The summed E-state index contributed by atoms with van der Waals surface area (Å²) in [6.07, 6.45) is 8.49. The number of piperazine rings is 1. The fourth-order valence-electron chi connectivity index (χ4n) is 7.63. The zero-order valence-electron chi connectivity index (χ0n) is 27.8. The Balaban J connectivity index is 1.12. The lowest BCUT2D eigenvalue weighted by atomic mass is 10.0. The minimum atomic E-state index is -0.0752. The molecule has 1 aromatic heterocycles. The van der Waals surface area contributed by atoms with Crippen LogP contribution in [0.1, 0.15) is 66.2 Å². The number of anilines is 5. The van der Waals surface area contributed by atoms with Gasteiger partial charge in [0.2, 0.25) is 5.95 Å². The van der Waals surface area contributed by atoms with Crippen LogP contribution in [0.2, 0.25) is 0 Å².